The molecule has 2 aliphatic rings. The molecule has 3 atom stereocenters. The van der Waals surface area contributed by atoms with Gasteiger partial charge in [0.25, 0.3) is 0 Å². The van der Waals surface area contributed by atoms with Gasteiger partial charge in [-0.2, -0.15) is 0 Å². The van der Waals surface area contributed by atoms with Crippen LogP contribution in [0.1, 0.15) is 5.56 Å². The number of rotatable bonds is 2. The molecule has 1 aromatic carbocycles. The number of hydrogen-bond acceptors (Lipinski definition) is 5. The number of benzene rings is 1. The Balaban J connectivity index is 2.16. The summed E-state index contributed by atoms with van der Waals surface area (Å²) in [5, 5.41) is 11.0. The second kappa shape index (κ2) is 6.17. The Morgan fingerprint density at radius 1 is 1.54 bits per heavy atom. The van der Waals surface area contributed by atoms with Crippen LogP contribution in [0, 0.1) is 17.6 Å². The summed E-state index contributed by atoms with van der Waals surface area (Å²) in [4.78, 5) is 15.1. The van der Waals surface area contributed by atoms with E-state index in [2.05, 4.69) is 10.3 Å². The molecule has 0 unspecified atom stereocenters. The monoisotopic (exact) mass is 361 g/mol. The smallest absolute Gasteiger partial charge is 0.410 e. The van der Waals surface area contributed by atoms with Gasteiger partial charge in [-0.15, -0.1) is 0 Å². The zero-order valence-electron chi connectivity index (χ0n) is 12.3. The number of fused-ring (bicyclic) bond motifs is 1. The molecule has 0 saturated carbocycles. The summed E-state index contributed by atoms with van der Waals surface area (Å²) in [5.41, 5.74) is 4.01. The van der Waals surface area contributed by atoms with Crippen molar-refractivity contribution in [2.24, 2.45) is 10.9 Å². The molecule has 10 heteroatoms. The molecule has 1 amide bonds. The first kappa shape index (κ1) is 16.9. The average Bonchev–Trinajstić information content (AvgIpc) is 2.89. The second-order valence-electron chi connectivity index (χ2n) is 5.56. The van der Waals surface area contributed by atoms with Gasteiger partial charge in [-0.1, -0.05) is 11.8 Å². The van der Waals surface area contributed by atoms with Crippen LogP contribution in [0.15, 0.2) is 17.1 Å². The van der Waals surface area contributed by atoms with Crippen LogP contribution in [0.4, 0.5) is 23.7 Å². The lowest BCUT2D eigenvalue weighted by molar-refractivity contribution is 0.0721. The maximum absolute atomic E-state index is 14.4. The Hall–Kier alpha value is -1.94. The number of halogens is 3. The highest BCUT2D eigenvalue weighted by atomic mass is 32.2. The first-order valence-corrected chi connectivity index (χ1v) is 8.01. The van der Waals surface area contributed by atoms with E-state index in [1.165, 1.54) is 6.07 Å². The molecule has 1 saturated heterocycles. The van der Waals surface area contributed by atoms with E-state index in [1.54, 1.807) is 0 Å². The van der Waals surface area contributed by atoms with E-state index < -0.39 is 42.0 Å². The van der Waals surface area contributed by atoms with Gasteiger partial charge < -0.3 is 15.6 Å². The summed E-state index contributed by atoms with van der Waals surface area (Å²) in [7, 11) is 0. The summed E-state index contributed by atoms with van der Waals surface area (Å²) < 4.78 is 46.9. The standard InChI is InChI=1S/C14H14F3N3O3S/c15-3-10-8-4-24-12(19-13(21)22)20-14(8,5-23-10)7-1-6(18)2-9(16)11(7)17/h1-2,8,10H,3-5,18H2,(H,19,20)(H,21,22)/t8-,10-,14-/m1/s1. The van der Waals surface area contributed by atoms with E-state index in [1.807, 2.05) is 0 Å². The number of thioether (sulfide) groups is 1. The number of nitrogens with zero attached hydrogens (tertiary/aromatic N) is 1. The van der Waals surface area contributed by atoms with Crippen molar-refractivity contribution in [3.8, 4) is 0 Å². The van der Waals surface area contributed by atoms with Gasteiger partial charge in [-0.3, -0.25) is 5.32 Å². The van der Waals surface area contributed by atoms with Gasteiger partial charge in [0, 0.05) is 22.9 Å². The third-order valence-corrected chi connectivity index (χ3v) is 5.16. The predicted octanol–water partition coefficient (Wildman–Crippen LogP) is 2.10. The van der Waals surface area contributed by atoms with Gasteiger partial charge in [0.05, 0.1) is 12.7 Å². The highest BCUT2D eigenvalue weighted by molar-refractivity contribution is 8.13. The van der Waals surface area contributed by atoms with Gasteiger partial charge in [0.1, 0.15) is 12.2 Å². The molecule has 0 bridgehead atoms. The zero-order chi connectivity index (χ0) is 17.5. The Morgan fingerprint density at radius 2 is 2.29 bits per heavy atom. The number of nitrogens with two attached hydrogens (primary N) is 1. The summed E-state index contributed by atoms with van der Waals surface area (Å²) in [6.45, 7) is -1.01. The number of anilines is 1. The van der Waals surface area contributed by atoms with Crippen LogP contribution in [0.2, 0.25) is 0 Å². The fraction of sp³-hybridized carbons (Fsp3) is 0.429. The summed E-state index contributed by atoms with van der Waals surface area (Å²) in [6.07, 6.45) is -2.17. The van der Waals surface area contributed by atoms with Crippen LogP contribution < -0.4 is 11.1 Å². The molecule has 1 fully saturated rings. The molecule has 0 radical (unpaired) electrons. The number of amides is 1. The normalized spacial score (nSPS) is 29.0. The van der Waals surface area contributed by atoms with E-state index in [0.717, 1.165) is 17.8 Å². The molecule has 3 rings (SSSR count). The minimum Gasteiger partial charge on any atom is -0.465 e. The number of alkyl halides is 1. The number of ether oxygens (including phenoxy) is 1. The first-order valence-electron chi connectivity index (χ1n) is 7.02. The predicted molar refractivity (Wildman–Crippen MR) is 82.7 cm³/mol. The molecule has 4 N–H and O–H groups in total. The average molecular weight is 361 g/mol. The van der Waals surface area contributed by atoms with Crippen LogP contribution in [0.25, 0.3) is 0 Å². The second-order valence-corrected chi connectivity index (χ2v) is 6.57. The lowest BCUT2D eigenvalue weighted by Crippen LogP contribution is -2.44. The summed E-state index contributed by atoms with van der Waals surface area (Å²) >= 11 is 1.06. The van der Waals surface area contributed by atoms with Crippen LogP contribution in [0.3, 0.4) is 0 Å². The Labute approximate surface area is 139 Å². The van der Waals surface area contributed by atoms with E-state index in [0.29, 0.717) is 0 Å². The van der Waals surface area contributed by atoms with Gasteiger partial charge in [0.15, 0.2) is 16.8 Å². The molecular formula is C14H14F3N3O3S. The highest BCUT2D eigenvalue weighted by Crippen LogP contribution is 2.49. The van der Waals surface area contributed by atoms with Crippen molar-refractivity contribution in [2.75, 3.05) is 24.8 Å². The number of amidine groups is 1. The minimum absolute atomic E-state index is 0.0121. The fourth-order valence-corrected chi connectivity index (χ4v) is 4.29. The molecule has 2 aliphatic heterocycles. The van der Waals surface area contributed by atoms with Crippen molar-refractivity contribution in [2.45, 2.75) is 11.6 Å². The number of carboxylic acid groups (broad SMARTS) is 1. The van der Waals surface area contributed by atoms with Crippen LogP contribution in [-0.2, 0) is 10.3 Å². The molecule has 1 aromatic rings. The van der Waals surface area contributed by atoms with E-state index in [9.17, 15) is 18.0 Å². The SMILES string of the molecule is Nc1cc(F)c(F)c([C@]23CO[C@H](CF)[C@H]2CSC(NC(=O)O)=N3)c1. The quantitative estimate of drug-likeness (QED) is 0.701. The van der Waals surface area contributed by atoms with Crippen molar-refractivity contribution in [1.82, 2.24) is 5.32 Å². The van der Waals surface area contributed by atoms with Gasteiger partial charge >= 0.3 is 6.09 Å². The van der Waals surface area contributed by atoms with E-state index in [4.69, 9.17) is 15.6 Å². The minimum atomic E-state index is -1.43. The van der Waals surface area contributed by atoms with Gasteiger partial charge in [-0.25, -0.2) is 23.0 Å². The van der Waals surface area contributed by atoms with Crippen molar-refractivity contribution in [3.05, 3.63) is 29.3 Å². The largest absolute Gasteiger partial charge is 0.465 e. The number of hydrogen-bond donors (Lipinski definition) is 3. The molecule has 0 aromatic heterocycles. The van der Waals surface area contributed by atoms with Crippen molar-refractivity contribution in [1.29, 1.82) is 0 Å². The van der Waals surface area contributed by atoms with E-state index >= 15 is 0 Å². The van der Waals surface area contributed by atoms with Crippen LogP contribution >= 0.6 is 11.8 Å². The van der Waals surface area contributed by atoms with Gasteiger partial charge in [-0.05, 0) is 12.1 Å². The molecule has 0 spiro atoms. The highest BCUT2D eigenvalue weighted by Gasteiger charge is 2.54. The summed E-state index contributed by atoms with van der Waals surface area (Å²) in [5.74, 6) is -2.64. The van der Waals surface area contributed by atoms with Crippen molar-refractivity contribution >= 4 is 28.7 Å². The first-order chi connectivity index (χ1) is 11.4. The zero-order valence-corrected chi connectivity index (χ0v) is 13.1. The lowest BCUT2D eigenvalue weighted by Gasteiger charge is -2.36. The number of carbonyl (C=O) groups is 1. The van der Waals surface area contributed by atoms with Crippen LogP contribution in [0.5, 0.6) is 0 Å². The molecule has 24 heavy (non-hydrogen) atoms. The molecule has 2 heterocycles. The maximum Gasteiger partial charge on any atom is 0.410 e. The fourth-order valence-electron chi connectivity index (χ4n) is 3.08. The Morgan fingerprint density at radius 3 is 2.96 bits per heavy atom. The third kappa shape index (κ3) is 2.69. The van der Waals surface area contributed by atoms with Crippen molar-refractivity contribution in [3.63, 3.8) is 0 Å². The number of aliphatic imine (C=N–C) groups is 1. The van der Waals surface area contributed by atoms with Crippen LogP contribution in [-0.4, -0.2) is 41.5 Å². The Kier molecular flexibility index (Phi) is 4.35. The molecule has 130 valence electrons. The van der Waals surface area contributed by atoms with Crippen molar-refractivity contribution < 1.29 is 27.8 Å². The summed E-state index contributed by atoms with van der Waals surface area (Å²) in [6, 6.07) is 2.07. The molecule has 6 nitrogen and oxygen atoms in total. The Bertz CT molecular complexity index is 718. The maximum atomic E-state index is 14.4. The number of nitrogens with one attached hydrogen (secondary N) is 1. The topological polar surface area (TPSA) is 96.9 Å². The lowest BCUT2D eigenvalue weighted by atomic mass is 9.78. The van der Waals surface area contributed by atoms with E-state index in [-0.39, 0.29) is 28.8 Å². The van der Waals surface area contributed by atoms with Gasteiger partial charge in [0.2, 0.25) is 0 Å². The third-order valence-electron chi connectivity index (χ3n) is 4.16. The molecule has 0 aliphatic carbocycles. The number of nitrogen functional groups attached to an aromatic ring is 1. The molecular weight excluding hydrogens is 347 g/mol.